The molecule has 0 unspecified atom stereocenters. The number of aryl methyl sites for hydroxylation is 1. The number of rotatable bonds is 6. The fourth-order valence-corrected chi connectivity index (χ4v) is 4.84. The number of nitrogens with zero attached hydrogens (tertiary/aromatic N) is 7. The van der Waals surface area contributed by atoms with Crippen LogP contribution >= 0.6 is 35.5 Å². The fraction of sp³-hybridized carbons (Fsp3) is 0.700. The van der Waals surface area contributed by atoms with E-state index >= 15 is 0 Å². The van der Waals surface area contributed by atoms with Crippen molar-refractivity contribution in [3.8, 4) is 0 Å². The van der Waals surface area contributed by atoms with Crippen molar-refractivity contribution in [1.82, 2.24) is 29.4 Å². The monoisotopic (exact) mass is 544 g/mol. The van der Waals surface area contributed by atoms with Gasteiger partial charge in [0, 0.05) is 56.9 Å². The maximum Gasteiger partial charge on any atom is 0.205 e. The molecule has 2 aliphatic rings. The minimum absolute atomic E-state index is 0. The molecule has 0 aromatic carbocycles. The highest BCUT2D eigenvalue weighted by Gasteiger charge is 2.22. The lowest BCUT2D eigenvalue weighted by Crippen LogP contribution is -2.52. The van der Waals surface area contributed by atoms with Crippen molar-refractivity contribution >= 4 is 46.6 Å². The first kappa shape index (κ1) is 23.2. The first-order chi connectivity index (χ1) is 14.3. The quantitative estimate of drug-likeness (QED) is 0.342. The lowest BCUT2D eigenvalue weighted by Gasteiger charge is -2.36. The van der Waals surface area contributed by atoms with Crippen LogP contribution in [0.5, 0.6) is 0 Å². The standard InChI is InChI=1S/C20H32N8S.HI/c1-3-18-23-20(29-25-18)27-13-11-26(12-14-27)19(21-4-2)22-15-16-9-10-28(24-16)17-7-5-6-8-17;/h9-10,17H,3-8,11-15H2,1-2H3,(H,21,22);1H. The van der Waals surface area contributed by atoms with E-state index in [1.165, 1.54) is 37.2 Å². The topological polar surface area (TPSA) is 74.5 Å². The number of halogens is 1. The van der Waals surface area contributed by atoms with Crippen LogP contribution in [-0.2, 0) is 13.0 Å². The average molecular weight is 545 g/mol. The third-order valence-electron chi connectivity index (χ3n) is 5.71. The summed E-state index contributed by atoms with van der Waals surface area (Å²) < 4.78 is 6.57. The zero-order chi connectivity index (χ0) is 20.1. The molecule has 166 valence electrons. The van der Waals surface area contributed by atoms with Crippen molar-refractivity contribution < 1.29 is 0 Å². The van der Waals surface area contributed by atoms with Crippen LogP contribution in [-0.4, -0.2) is 62.7 Å². The number of nitrogens with one attached hydrogen (secondary N) is 1. The average Bonchev–Trinajstić information content (AvgIpc) is 3.52. The van der Waals surface area contributed by atoms with Crippen LogP contribution < -0.4 is 10.2 Å². The molecule has 8 nitrogen and oxygen atoms in total. The molecule has 1 aliphatic heterocycles. The summed E-state index contributed by atoms with van der Waals surface area (Å²) in [7, 11) is 0. The Morgan fingerprint density at radius 1 is 1.20 bits per heavy atom. The van der Waals surface area contributed by atoms with E-state index in [2.05, 4.69) is 55.3 Å². The summed E-state index contributed by atoms with van der Waals surface area (Å²) in [6.45, 7) is 9.46. The van der Waals surface area contributed by atoms with Gasteiger partial charge in [-0.2, -0.15) is 9.47 Å². The molecule has 1 N–H and O–H groups in total. The molecule has 1 saturated heterocycles. The van der Waals surface area contributed by atoms with Gasteiger partial charge in [-0.05, 0) is 25.8 Å². The minimum Gasteiger partial charge on any atom is -0.357 e. The Morgan fingerprint density at radius 2 is 1.97 bits per heavy atom. The summed E-state index contributed by atoms with van der Waals surface area (Å²) in [6, 6.07) is 2.70. The molecule has 0 bridgehead atoms. The van der Waals surface area contributed by atoms with E-state index in [0.717, 1.165) is 61.8 Å². The number of anilines is 1. The van der Waals surface area contributed by atoms with E-state index in [9.17, 15) is 0 Å². The number of piperazine rings is 1. The Labute approximate surface area is 200 Å². The maximum atomic E-state index is 4.87. The van der Waals surface area contributed by atoms with Gasteiger partial charge in [-0.15, -0.1) is 24.0 Å². The first-order valence-corrected chi connectivity index (χ1v) is 11.7. The molecule has 2 aromatic rings. The van der Waals surface area contributed by atoms with Crippen molar-refractivity contribution in [2.75, 3.05) is 37.6 Å². The highest BCUT2D eigenvalue weighted by Crippen LogP contribution is 2.28. The zero-order valence-corrected chi connectivity index (χ0v) is 21.1. The minimum atomic E-state index is 0. The van der Waals surface area contributed by atoms with Gasteiger partial charge in [-0.3, -0.25) is 4.68 Å². The molecule has 4 rings (SSSR count). The SMILES string of the molecule is CCNC(=NCc1ccn(C2CCCC2)n1)N1CCN(c2nc(CC)ns2)CC1.I. The largest absolute Gasteiger partial charge is 0.357 e. The summed E-state index contributed by atoms with van der Waals surface area (Å²) in [5, 5.41) is 9.27. The molecule has 2 fully saturated rings. The van der Waals surface area contributed by atoms with Crippen molar-refractivity contribution in [3.05, 3.63) is 23.8 Å². The highest BCUT2D eigenvalue weighted by molar-refractivity contribution is 14.0. The number of aliphatic imine (C=N–C) groups is 1. The van der Waals surface area contributed by atoms with Crippen LogP contribution in [0, 0.1) is 0 Å². The van der Waals surface area contributed by atoms with Gasteiger partial charge in [-0.25, -0.2) is 9.98 Å². The number of guanidine groups is 1. The molecule has 3 heterocycles. The van der Waals surface area contributed by atoms with E-state index in [-0.39, 0.29) is 24.0 Å². The molecule has 1 aliphatic carbocycles. The Bertz CT molecular complexity index is 805. The molecule has 30 heavy (non-hydrogen) atoms. The fourth-order valence-electron chi connectivity index (χ4n) is 4.04. The van der Waals surface area contributed by atoms with Crippen molar-refractivity contribution in [3.63, 3.8) is 0 Å². The predicted molar refractivity (Wildman–Crippen MR) is 133 cm³/mol. The highest BCUT2D eigenvalue weighted by atomic mass is 127. The molecule has 2 aromatic heterocycles. The molecule has 1 saturated carbocycles. The van der Waals surface area contributed by atoms with Crippen LogP contribution in [0.4, 0.5) is 5.13 Å². The Balaban J connectivity index is 0.00000256. The van der Waals surface area contributed by atoms with E-state index in [1.54, 1.807) is 0 Å². The van der Waals surface area contributed by atoms with Gasteiger partial charge in [0.05, 0.1) is 18.3 Å². The van der Waals surface area contributed by atoms with Gasteiger partial charge in [0.15, 0.2) is 5.96 Å². The van der Waals surface area contributed by atoms with Crippen molar-refractivity contribution in [1.29, 1.82) is 0 Å². The smallest absolute Gasteiger partial charge is 0.205 e. The maximum absolute atomic E-state index is 4.87. The second kappa shape index (κ2) is 11.3. The third kappa shape index (κ3) is 5.63. The zero-order valence-electron chi connectivity index (χ0n) is 18.0. The van der Waals surface area contributed by atoms with Crippen LogP contribution in [0.3, 0.4) is 0 Å². The van der Waals surface area contributed by atoms with Gasteiger partial charge in [0.25, 0.3) is 0 Å². The van der Waals surface area contributed by atoms with Crippen LogP contribution in [0.2, 0.25) is 0 Å². The number of hydrogen-bond acceptors (Lipinski definition) is 6. The molecular weight excluding hydrogens is 511 g/mol. The van der Waals surface area contributed by atoms with E-state index in [4.69, 9.17) is 10.1 Å². The van der Waals surface area contributed by atoms with Crippen LogP contribution in [0.15, 0.2) is 17.3 Å². The Hall–Kier alpha value is -1.43. The lowest BCUT2D eigenvalue weighted by atomic mass is 10.3. The van der Waals surface area contributed by atoms with E-state index in [1.807, 2.05) is 0 Å². The van der Waals surface area contributed by atoms with Crippen LogP contribution in [0.25, 0.3) is 0 Å². The molecule has 0 atom stereocenters. The number of aromatic nitrogens is 4. The molecule has 0 amide bonds. The molecule has 0 spiro atoms. The number of hydrogen-bond donors (Lipinski definition) is 1. The van der Waals surface area contributed by atoms with Crippen LogP contribution in [0.1, 0.15) is 57.1 Å². The summed E-state index contributed by atoms with van der Waals surface area (Å²) in [6.07, 6.45) is 8.18. The van der Waals surface area contributed by atoms with E-state index < -0.39 is 0 Å². The molecule has 0 radical (unpaired) electrons. The second-order valence-corrected chi connectivity index (χ2v) is 8.45. The van der Waals surface area contributed by atoms with Crippen molar-refractivity contribution in [2.24, 2.45) is 4.99 Å². The first-order valence-electron chi connectivity index (χ1n) is 10.9. The van der Waals surface area contributed by atoms with Gasteiger partial charge in [0.1, 0.15) is 5.82 Å². The normalized spacial score (nSPS) is 18.0. The molecular formula is C20H33IN8S. The van der Waals surface area contributed by atoms with Gasteiger partial charge < -0.3 is 15.1 Å². The summed E-state index contributed by atoms with van der Waals surface area (Å²) in [5.41, 5.74) is 1.05. The second-order valence-electron chi connectivity index (χ2n) is 7.72. The summed E-state index contributed by atoms with van der Waals surface area (Å²) in [5.74, 6) is 1.92. The van der Waals surface area contributed by atoms with Gasteiger partial charge >= 0.3 is 0 Å². The van der Waals surface area contributed by atoms with E-state index in [0.29, 0.717) is 12.6 Å². The lowest BCUT2D eigenvalue weighted by molar-refractivity contribution is 0.372. The van der Waals surface area contributed by atoms with Gasteiger partial charge in [-0.1, -0.05) is 19.8 Å². The third-order valence-corrected chi connectivity index (χ3v) is 6.53. The van der Waals surface area contributed by atoms with Gasteiger partial charge in [0.2, 0.25) is 5.13 Å². The predicted octanol–water partition coefficient (Wildman–Crippen LogP) is 3.32. The Morgan fingerprint density at radius 3 is 2.63 bits per heavy atom. The Kier molecular flexibility index (Phi) is 8.72. The summed E-state index contributed by atoms with van der Waals surface area (Å²) >= 11 is 1.51. The summed E-state index contributed by atoms with van der Waals surface area (Å²) in [4.78, 5) is 14.2. The molecule has 10 heteroatoms. The van der Waals surface area contributed by atoms with Crippen molar-refractivity contribution in [2.45, 2.75) is 58.5 Å².